The quantitative estimate of drug-likeness (QED) is 0.484. The number of benzene rings is 1. The van der Waals surface area contributed by atoms with Gasteiger partial charge in [0.2, 0.25) is 5.41 Å². The van der Waals surface area contributed by atoms with E-state index < -0.39 is 23.0 Å². The summed E-state index contributed by atoms with van der Waals surface area (Å²) in [7, 11) is 0. The molecule has 22 heavy (non-hydrogen) atoms. The predicted octanol–water partition coefficient (Wildman–Crippen LogP) is 0.965. The number of hydrogen-bond donors (Lipinski definition) is 4. The second-order valence-electron chi connectivity index (χ2n) is 5.07. The third kappa shape index (κ3) is 2.57. The highest BCUT2D eigenvalue weighted by atomic mass is 16.4. The normalized spacial score (nSPS) is 18.9. The first-order valence-corrected chi connectivity index (χ1v) is 6.49. The molecule has 1 aromatic carbocycles. The predicted molar refractivity (Wildman–Crippen MR) is 81.5 cm³/mol. The summed E-state index contributed by atoms with van der Waals surface area (Å²) in [5, 5.41) is 18.7. The van der Waals surface area contributed by atoms with E-state index in [9.17, 15) is 19.8 Å². The Morgan fingerprint density at radius 1 is 1.00 bits per heavy atom. The smallest absolute Gasteiger partial charge is 0.328 e. The zero-order valence-electron chi connectivity index (χ0n) is 11.6. The van der Waals surface area contributed by atoms with E-state index in [2.05, 4.69) is 0 Å². The maximum Gasteiger partial charge on any atom is 0.328 e. The monoisotopic (exact) mass is 300 g/mol. The van der Waals surface area contributed by atoms with Gasteiger partial charge in [0.15, 0.2) is 0 Å². The largest absolute Gasteiger partial charge is 0.480 e. The lowest BCUT2D eigenvalue weighted by Crippen LogP contribution is -2.67. The Morgan fingerprint density at radius 2 is 1.59 bits per heavy atom. The molecule has 1 aromatic rings. The van der Waals surface area contributed by atoms with Crippen molar-refractivity contribution in [3.8, 4) is 0 Å². The summed E-state index contributed by atoms with van der Waals surface area (Å²) in [6.07, 6.45) is 7.12. The van der Waals surface area contributed by atoms with Gasteiger partial charge in [-0.2, -0.15) is 0 Å². The molecule has 0 unspecified atom stereocenters. The van der Waals surface area contributed by atoms with Gasteiger partial charge in [0, 0.05) is 0 Å². The minimum Gasteiger partial charge on any atom is -0.480 e. The topological polar surface area (TPSA) is 127 Å². The molecule has 0 amide bonds. The Bertz CT molecular complexity index is 673. The summed E-state index contributed by atoms with van der Waals surface area (Å²) in [6.45, 7) is 0. The SMILES string of the molecule is NC1(N)C=CC(/C=C/c2ccccc2)=CC1(C(=O)O)C(=O)O. The van der Waals surface area contributed by atoms with Crippen molar-refractivity contribution in [3.63, 3.8) is 0 Å². The van der Waals surface area contributed by atoms with Crippen LogP contribution in [0.15, 0.2) is 60.2 Å². The van der Waals surface area contributed by atoms with Gasteiger partial charge in [0.05, 0.1) is 0 Å². The lowest BCUT2D eigenvalue weighted by Gasteiger charge is -2.37. The number of carboxylic acids is 2. The molecule has 6 nitrogen and oxygen atoms in total. The molecule has 6 heteroatoms. The Morgan fingerprint density at radius 3 is 2.14 bits per heavy atom. The van der Waals surface area contributed by atoms with Crippen molar-refractivity contribution in [3.05, 3.63) is 65.8 Å². The van der Waals surface area contributed by atoms with E-state index >= 15 is 0 Å². The van der Waals surface area contributed by atoms with Crippen LogP contribution >= 0.6 is 0 Å². The summed E-state index contributed by atoms with van der Waals surface area (Å²) in [6, 6.07) is 9.31. The van der Waals surface area contributed by atoms with Crippen LogP contribution in [-0.2, 0) is 9.59 Å². The van der Waals surface area contributed by atoms with E-state index in [-0.39, 0.29) is 0 Å². The van der Waals surface area contributed by atoms with Crippen molar-refractivity contribution in [1.82, 2.24) is 0 Å². The van der Waals surface area contributed by atoms with E-state index in [0.717, 1.165) is 11.6 Å². The Balaban J connectivity index is 2.44. The molecule has 0 aliphatic heterocycles. The van der Waals surface area contributed by atoms with Crippen LogP contribution in [-0.4, -0.2) is 27.8 Å². The lowest BCUT2D eigenvalue weighted by molar-refractivity contribution is -0.164. The molecule has 114 valence electrons. The van der Waals surface area contributed by atoms with Gasteiger partial charge in [-0.3, -0.25) is 9.59 Å². The van der Waals surface area contributed by atoms with Gasteiger partial charge < -0.3 is 21.7 Å². The molecule has 0 saturated heterocycles. The highest BCUT2D eigenvalue weighted by Gasteiger charge is 2.58. The first-order chi connectivity index (χ1) is 10.3. The first kappa shape index (κ1) is 15.7. The van der Waals surface area contributed by atoms with Gasteiger partial charge in [-0.25, -0.2) is 0 Å². The van der Waals surface area contributed by atoms with Gasteiger partial charge in [0.25, 0.3) is 0 Å². The lowest BCUT2D eigenvalue weighted by atomic mass is 9.71. The maximum atomic E-state index is 11.5. The minimum absolute atomic E-state index is 0.403. The highest BCUT2D eigenvalue weighted by molar-refractivity contribution is 6.03. The Labute approximate surface area is 127 Å². The molecule has 0 fully saturated rings. The number of carboxylic acid groups (broad SMARTS) is 2. The fourth-order valence-corrected chi connectivity index (χ4v) is 2.23. The fraction of sp³-hybridized carbons (Fsp3) is 0.125. The summed E-state index contributed by atoms with van der Waals surface area (Å²) in [5.41, 5.74) is 8.24. The number of nitrogens with two attached hydrogens (primary N) is 2. The van der Waals surface area contributed by atoms with E-state index in [1.54, 1.807) is 12.2 Å². The van der Waals surface area contributed by atoms with Crippen LogP contribution in [0.25, 0.3) is 6.08 Å². The van der Waals surface area contributed by atoms with Crippen molar-refractivity contribution >= 4 is 18.0 Å². The zero-order chi connectivity index (χ0) is 16.4. The second-order valence-corrected chi connectivity index (χ2v) is 5.07. The van der Waals surface area contributed by atoms with E-state index in [1.165, 1.54) is 12.2 Å². The van der Waals surface area contributed by atoms with Crippen LogP contribution < -0.4 is 11.5 Å². The Kier molecular flexibility index (Phi) is 3.99. The van der Waals surface area contributed by atoms with Gasteiger partial charge in [-0.05, 0) is 23.3 Å². The van der Waals surface area contributed by atoms with E-state index in [0.29, 0.717) is 5.57 Å². The average Bonchev–Trinajstić information content (AvgIpc) is 2.46. The third-order valence-corrected chi connectivity index (χ3v) is 3.56. The molecule has 0 bridgehead atoms. The van der Waals surface area contributed by atoms with Crippen molar-refractivity contribution < 1.29 is 19.8 Å². The molecule has 0 radical (unpaired) electrons. The average molecular weight is 300 g/mol. The van der Waals surface area contributed by atoms with Crippen molar-refractivity contribution in [1.29, 1.82) is 0 Å². The summed E-state index contributed by atoms with van der Waals surface area (Å²) in [5.74, 6) is -3.22. The molecule has 1 aliphatic carbocycles. The van der Waals surface area contributed by atoms with Gasteiger partial charge in [-0.1, -0.05) is 48.6 Å². The van der Waals surface area contributed by atoms with Crippen molar-refractivity contribution in [2.24, 2.45) is 16.9 Å². The van der Waals surface area contributed by atoms with Gasteiger partial charge in [-0.15, -0.1) is 0 Å². The molecule has 2 rings (SSSR count). The zero-order valence-corrected chi connectivity index (χ0v) is 11.6. The fourth-order valence-electron chi connectivity index (χ4n) is 2.23. The molecule has 0 aromatic heterocycles. The molecule has 0 atom stereocenters. The van der Waals surface area contributed by atoms with E-state index in [4.69, 9.17) is 11.5 Å². The van der Waals surface area contributed by atoms with Crippen LogP contribution in [0.5, 0.6) is 0 Å². The number of rotatable bonds is 4. The minimum atomic E-state index is -2.42. The summed E-state index contributed by atoms with van der Waals surface area (Å²) in [4.78, 5) is 23.0. The molecular weight excluding hydrogens is 284 g/mol. The van der Waals surface area contributed by atoms with Crippen molar-refractivity contribution in [2.45, 2.75) is 5.66 Å². The second kappa shape index (κ2) is 5.59. The number of aliphatic carboxylic acids is 2. The highest BCUT2D eigenvalue weighted by Crippen LogP contribution is 2.35. The van der Waals surface area contributed by atoms with Crippen molar-refractivity contribution in [2.75, 3.05) is 0 Å². The van der Waals surface area contributed by atoms with Crippen LogP contribution in [0, 0.1) is 5.41 Å². The van der Waals surface area contributed by atoms with Crippen LogP contribution in [0.1, 0.15) is 5.56 Å². The molecule has 0 heterocycles. The van der Waals surface area contributed by atoms with Crippen LogP contribution in [0.2, 0.25) is 0 Å². The molecular formula is C16H16N2O4. The Hall–Kier alpha value is -2.70. The van der Waals surface area contributed by atoms with E-state index in [1.807, 2.05) is 30.3 Å². The summed E-state index contributed by atoms with van der Waals surface area (Å²) < 4.78 is 0. The first-order valence-electron chi connectivity index (χ1n) is 6.49. The summed E-state index contributed by atoms with van der Waals surface area (Å²) >= 11 is 0. The number of carbonyl (C=O) groups is 2. The molecule has 6 N–H and O–H groups in total. The van der Waals surface area contributed by atoms with Crippen LogP contribution in [0.3, 0.4) is 0 Å². The third-order valence-electron chi connectivity index (χ3n) is 3.56. The standard InChI is InChI=1S/C16H16N2O4/c17-16(18)9-8-12(7-6-11-4-2-1-3-5-11)10-15(16,13(19)20)14(21)22/h1-10H,17-18H2,(H,19,20)(H,21,22)/b7-6+. The van der Waals surface area contributed by atoms with Gasteiger partial charge >= 0.3 is 11.9 Å². The maximum absolute atomic E-state index is 11.5. The molecule has 0 saturated carbocycles. The van der Waals surface area contributed by atoms with Crippen LogP contribution in [0.4, 0.5) is 0 Å². The van der Waals surface area contributed by atoms with Gasteiger partial charge in [0.1, 0.15) is 5.66 Å². The number of allylic oxidation sites excluding steroid dienone is 3. The number of hydrogen-bond acceptors (Lipinski definition) is 4. The molecule has 1 aliphatic rings. The molecule has 0 spiro atoms.